The summed E-state index contributed by atoms with van der Waals surface area (Å²) >= 11 is 0. The minimum atomic E-state index is -0.220. The second-order valence-corrected chi connectivity index (χ2v) is 5.38. The number of hydrogen-bond donors (Lipinski definition) is 2. The number of rotatable bonds is 6. The number of benzene rings is 1. The van der Waals surface area contributed by atoms with Gasteiger partial charge in [0.25, 0.3) is 0 Å². The molecule has 1 aromatic carbocycles. The Morgan fingerprint density at radius 2 is 2.18 bits per heavy atom. The number of halogens is 1. The molecule has 124 valence electrons. The van der Waals surface area contributed by atoms with Crippen LogP contribution in [0.5, 0.6) is 5.75 Å². The summed E-state index contributed by atoms with van der Waals surface area (Å²) in [6.45, 7) is 3.90. The lowest BCUT2D eigenvalue weighted by atomic mass is 10.1. The number of methoxy groups -OCH3 is 1. The van der Waals surface area contributed by atoms with Crippen LogP contribution in [0.4, 0.5) is 0 Å². The third-order valence-corrected chi connectivity index (χ3v) is 3.65. The molecule has 2 unspecified atom stereocenters. The van der Waals surface area contributed by atoms with Gasteiger partial charge in [0.05, 0.1) is 20.3 Å². The van der Waals surface area contributed by atoms with Crippen molar-refractivity contribution in [2.24, 2.45) is 0 Å². The van der Waals surface area contributed by atoms with Crippen LogP contribution in [0.2, 0.25) is 0 Å². The van der Waals surface area contributed by atoms with Gasteiger partial charge >= 0.3 is 0 Å². The van der Waals surface area contributed by atoms with Gasteiger partial charge < -0.3 is 20.1 Å². The number of ether oxygens (including phenoxy) is 2. The number of carbonyl (C=O) groups is 1. The molecule has 0 saturated carbocycles. The molecule has 1 saturated heterocycles. The third kappa shape index (κ3) is 5.83. The zero-order chi connectivity index (χ0) is 15.1. The third-order valence-electron chi connectivity index (χ3n) is 3.65. The lowest BCUT2D eigenvalue weighted by Gasteiger charge is -2.24. The molecule has 6 heteroatoms. The number of nitrogens with one attached hydrogen (secondary N) is 2. The minimum absolute atomic E-state index is 0. The second-order valence-electron chi connectivity index (χ2n) is 5.38. The largest absolute Gasteiger partial charge is 0.497 e. The average molecular weight is 329 g/mol. The van der Waals surface area contributed by atoms with Gasteiger partial charge in [0.15, 0.2) is 0 Å². The van der Waals surface area contributed by atoms with E-state index in [2.05, 4.69) is 22.8 Å². The Kier molecular flexibility index (Phi) is 8.24. The molecule has 1 aliphatic rings. The molecule has 5 nitrogen and oxygen atoms in total. The van der Waals surface area contributed by atoms with E-state index in [1.807, 2.05) is 19.1 Å². The molecule has 2 rings (SSSR count). The van der Waals surface area contributed by atoms with Gasteiger partial charge in [0.1, 0.15) is 11.8 Å². The van der Waals surface area contributed by atoms with E-state index in [9.17, 15) is 4.79 Å². The Labute approximate surface area is 138 Å². The molecule has 2 N–H and O–H groups in total. The van der Waals surface area contributed by atoms with Crippen molar-refractivity contribution in [3.8, 4) is 5.75 Å². The number of morpholine rings is 1. The van der Waals surface area contributed by atoms with E-state index in [0.29, 0.717) is 13.2 Å². The average Bonchev–Trinajstić information content (AvgIpc) is 2.54. The van der Waals surface area contributed by atoms with Crippen LogP contribution in [0.25, 0.3) is 0 Å². The summed E-state index contributed by atoms with van der Waals surface area (Å²) in [5, 5.41) is 6.20. The quantitative estimate of drug-likeness (QED) is 0.831. The molecule has 1 heterocycles. The Morgan fingerprint density at radius 1 is 1.45 bits per heavy atom. The summed E-state index contributed by atoms with van der Waals surface area (Å²) in [5.74, 6) is 0.889. The topological polar surface area (TPSA) is 59.6 Å². The van der Waals surface area contributed by atoms with Crippen LogP contribution in [0, 0.1) is 0 Å². The van der Waals surface area contributed by atoms with Gasteiger partial charge in [-0.1, -0.05) is 12.1 Å². The molecular weight excluding hydrogens is 304 g/mol. The summed E-state index contributed by atoms with van der Waals surface area (Å²) < 4.78 is 10.4. The van der Waals surface area contributed by atoms with Crippen LogP contribution in [0.3, 0.4) is 0 Å². The monoisotopic (exact) mass is 328 g/mol. The molecule has 1 amide bonds. The zero-order valence-electron chi connectivity index (χ0n) is 13.1. The van der Waals surface area contributed by atoms with Gasteiger partial charge in [-0.05, 0) is 37.5 Å². The molecule has 0 spiro atoms. The summed E-state index contributed by atoms with van der Waals surface area (Å²) in [6, 6.07) is 7.96. The van der Waals surface area contributed by atoms with E-state index in [-0.39, 0.29) is 30.4 Å². The second kappa shape index (κ2) is 9.66. The smallest absolute Gasteiger partial charge is 0.239 e. The minimum Gasteiger partial charge on any atom is -0.497 e. The van der Waals surface area contributed by atoms with Gasteiger partial charge in [0, 0.05) is 12.6 Å². The Hall–Kier alpha value is -1.30. The SMILES string of the molecule is COc1ccc(CCC(C)NC(=O)C2COCCN2)cc1.Cl. The fraction of sp³-hybridized carbons (Fsp3) is 0.562. The molecule has 22 heavy (non-hydrogen) atoms. The Balaban J connectivity index is 0.00000242. The molecule has 1 aromatic rings. The predicted molar refractivity (Wildman–Crippen MR) is 88.8 cm³/mol. The van der Waals surface area contributed by atoms with Crippen LogP contribution >= 0.6 is 12.4 Å². The maximum Gasteiger partial charge on any atom is 0.239 e. The molecule has 0 bridgehead atoms. The highest BCUT2D eigenvalue weighted by atomic mass is 35.5. The first-order chi connectivity index (χ1) is 10.2. The fourth-order valence-corrected chi connectivity index (χ4v) is 2.32. The van der Waals surface area contributed by atoms with Gasteiger partial charge in [-0.25, -0.2) is 0 Å². The van der Waals surface area contributed by atoms with E-state index in [1.165, 1.54) is 5.56 Å². The van der Waals surface area contributed by atoms with Crippen molar-refractivity contribution in [2.75, 3.05) is 26.9 Å². The van der Waals surface area contributed by atoms with Crippen LogP contribution in [-0.4, -0.2) is 44.9 Å². The van der Waals surface area contributed by atoms with Crippen molar-refractivity contribution < 1.29 is 14.3 Å². The Morgan fingerprint density at radius 3 is 2.77 bits per heavy atom. The molecule has 2 atom stereocenters. The van der Waals surface area contributed by atoms with Crippen LogP contribution in [-0.2, 0) is 16.0 Å². The maximum absolute atomic E-state index is 12.0. The first-order valence-corrected chi connectivity index (χ1v) is 7.43. The molecule has 0 aromatic heterocycles. The van der Waals surface area contributed by atoms with Crippen LogP contribution in [0.15, 0.2) is 24.3 Å². The highest BCUT2D eigenvalue weighted by Crippen LogP contribution is 2.13. The summed E-state index contributed by atoms with van der Waals surface area (Å²) in [7, 11) is 1.66. The van der Waals surface area contributed by atoms with Gasteiger partial charge in [-0.3, -0.25) is 4.79 Å². The first kappa shape index (κ1) is 18.7. The lowest BCUT2D eigenvalue weighted by molar-refractivity contribution is -0.126. The first-order valence-electron chi connectivity index (χ1n) is 7.43. The number of carbonyl (C=O) groups excluding carboxylic acids is 1. The fourth-order valence-electron chi connectivity index (χ4n) is 2.32. The standard InChI is InChI=1S/C16H24N2O3.ClH/c1-12(18-16(19)15-11-21-10-9-17-15)3-4-13-5-7-14(20-2)8-6-13;/h5-8,12,15,17H,3-4,9-11H2,1-2H3,(H,18,19);1H. The van der Waals surface area contributed by atoms with E-state index in [4.69, 9.17) is 9.47 Å². The van der Waals surface area contributed by atoms with Crippen LogP contribution in [0.1, 0.15) is 18.9 Å². The van der Waals surface area contributed by atoms with Crippen molar-refractivity contribution in [2.45, 2.75) is 31.8 Å². The summed E-state index contributed by atoms with van der Waals surface area (Å²) in [5.41, 5.74) is 1.25. The van der Waals surface area contributed by atoms with Crippen molar-refractivity contribution in [1.29, 1.82) is 0 Å². The van der Waals surface area contributed by atoms with Crippen LogP contribution < -0.4 is 15.4 Å². The summed E-state index contributed by atoms with van der Waals surface area (Å²) in [6.07, 6.45) is 1.84. The van der Waals surface area contributed by atoms with Crippen molar-refractivity contribution >= 4 is 18.3 Å². The molecular formula is C16H25ClN2O3. The normalized spacial score (nSPS) is 18.9. The van der Waals surface area contributed by atoms with Crippen molar-refractivity contribution in [3.05, 3.63) is 29.8 Å². The maximum atomic E-state index is 12.0. The predicted octanol–water partition coefficient (Wildman–Crippen LogP) is 1.54. The highest BCUT2D eigenvalue weighted by Gasteiger charge is 2.22. The van der Waals surface area contributed by atoms with E-state index < -0.39 is 0 Å². The number of aryl methyl sites for hydroxylation is 1. The summed E-state index contributed by atoms with van der Waals surface area (Å²) in [4.78, 5) is 12.0. The molecule has 1 aliphatic heterocycles. The van der Waals surface area contributed by atoms with Gasteiger partial charge in [0.2, 0.25) is 5.91 Å². The van der Waals surface area contributed by atoms with E-state index in [1.54, 1.807) is 7.11 Å². The highest BCUT2D eigenvalue weighted by molar-refractivity contribution is 5.85. The molecule has 1 fully saturated rings. The number of hydrogen-bond acceptors (Lipinski definition) is 4. The zero-order valence-corrected chi connectivity index (χ0v) is 13.9. The molecule has 0 radical (unpaired) electrons. The van der Waals surface area contributed by atoms with Gasteiger partial charge in [-0.15, -0.1) is 12.4 Å². The molecule has 0 aliphatic carbocycles. The van der Waals surface area contributed by atoms with E-state index >= 15 is 0 Å². The lowest BCUT2D eigenvalue weighted by Crippen LogP contribution is -2.52. The van der Waals surface area contributed by atoms with Crippen molar-refractivity contribution in [3.63, 3.8) is 0 Å². The van der Waals surface area contributed by atoms with Crippen molar-refractivity contribution in [1.82, 2.24) is 10.6 Å². The van der Waals surface area contributed by atoms with Gasteiger partial charge in [-0.2, -0.15) is 0 Å². The van der Waals surface area contributed by atoms with E-state index in [0.717, 1.165) is 25.1 Å². The Bertz CT molecular complexity index is 447. The number of amides is 1.